The molecule has 0 saturated carbocycles. The summed E-state index contributed by atoms with van der Waals surface area (Å²) in [5, 5.41) is 13.7. The van der Waals surface area contributed by atoms with Crippen molar-refractivity contribution in [3.05, 3.63) is 92.4 Å². The Kier molecular flexibility index (Phi) is 6.68. The van der Waals surface area contributed by atoms with Crippen LogP contribution in [-0.2, 0) is 13.2 Å². The van der Waals surface area contributed by atoms with E-state index in [1.54, 1.807) is 30.3 Å². The Labute approximate surface area is 177 Å². The van der Waals surface area contributed by atoms with Gasteiger partial charge in [-0.2, -0.15) is 0 Å². The SMILES string of the molecule is O=C(O)c1cc(NCc2ccccc2OCc2c(Cl)cccc2Cl)ccc1Cl. The molecule has 0 radical (unpaired) electrons. The molecule has 0 aliphatic rings. The van der Waals surface area contributed by atoms with Crippen LogP contribution in [0.3, 0.4) is 0 Å². The zero-order valence-electron chi connectivity index (χ0n) is 14.6. The molecule has 4 nitrogen and oxygen atoms in total. The number of benzene rings is 3. The van der Waals surface area contributed by atoms with Gasteiger partial charge in [0.2, 0.25) is 0 Å². The third kappa shape index (κ3) is 4.90. The lowest BCUT2D eigenvalue weighted by atomic mass is 10.1. The van der Waals surface area contributed by atoms with Crippen LogP contribution in [0.25, 0.3) is 0 Å². The molecule has 0 aromatic heterocycles. The maximum absolute atomic E-state index is 11.2. The van der Waals surface area contributed by atoms with E-state index in [0.717, 1.165) is 11.1 Å². The van der Waals surface area contributed by atoms with Crippen LogP contribution < -0.4 is 10.1 Å². The average molecular weight is 437 g/mol. The number of carboxylic acids is 1. The van der Waals surface area contributed by atoms with E-state index in [-0.39, 0.29) is 17.2 Å². The number of nitrogens with one attached hydrogen (secondary N) is 1. The number of anilines is 1. The molecular formula is C21H16Cl3NO3. The number of aromatic carboxylic acids is 1. The van der Waals surface area contributed by atoms with Gasteiger partial charge in [0, 0.05) is 33.4 Å². The predicted octanol–water partition coefficient (Wildman–Crippen LogP) is 6.54. The monoisotopic (exact) mass is 435 g/mol. The van der Waals surface area contributed by atoms with Crippen LogP contribution in [0, 0.1) is 0 Å². The van der Waals surface area contributed by atoms with Crippen molar-refractivity contribution in [3.8, 4) is 5.75 Å². The molecule has 144 valence electrons. The highest BCUT2D eigenvalue weighted by Gasteiger charge is 2.11. The molecule has 0 unspecified atom stereocenters. The van der Waals surface area contributed by atoms with Crippen molar-refractivity contribution in [1.82, 2.24) is 0 Å². The first kappa shape index (κ1) is 20.3. The summed E-state index contributed by atoms with van der Waals surface area (Å²) in [6.45, 7) is 0.673. The lowest BCUT2D eigenvalue weighted by Crippen LogP contribution is -2.05. The van der Waals surface area contributed by atoms with Crippen LogP contribution in [0.15, 0.2) is 60.7 Å². The third-order valence-electron chi connectivity index (χ3n) is 4.09. The van der Waals surface area contributed by atoms with Crippen molar-refractivity contribution in [2.45, 2.75) is 13.2 Å². The maximum Gasteiger partial charge on any atom is 0.337 e. The number of rotatable bonds is 7. The molecule has 0 bridgehead atoms. The Bertz CT molecular complexity index is 988. The van der Waals surface area contributed by atoms with Crippen LogP contribution in [0.5, 0.6) is 5.75 Å². The minimum atomic E-state index is -1.07. The fourth-order valence-corrected chi connectivity index (χ4v) is 3.31. The Balaban J connectivity index is 1.72. The molecule has 0 amide bonds. The van der Waals surface area contributed by atoms with Gasteiger partial charge in [0.25, 0.3) is 0 Å². The molecule has 3 aromatic carbocycles. The fourth-order valence-electron chi connectivity index (χ4n) is 2.61. The van der Waals surface area contributed by atoms with Crippen molar-refractivity contribution >= 4 is 46.5 Å². The largest absolute Gasteiger partial charge is 0.488 e. The van der Waals surface area contributed by atoms with Crippen molar-refractivity contribution in [1.29, 1.82) is 0 Å². The molecule has 28 heavy (non-hydrogen) atoms. The van der Waals surface area contributed by atoms with Crippen molar-refractivity contribution in [2.24, 2.45) is 0 Å². The second kappa shape index (κ2) is 9.20. The zero-order chi connectivity index (χ0) is 20.1. The van der Waals surface area contributed by atoms with E-state index in [9.17, 15) is 9.90 Å². The van der Waals surface area contributed by atoms with Crippen molar-refractivity contribution < 1.29 is 14.6 Å². The summed E-state index contributed by atoms with van der Waals surface area (Å²) >= 11 is 18.3. The van der Waals surface area contributed by atoms with E-state index in [2.05, 4.69) is 5.32 Å². The summed E-state index contributed by atoms with van der Waals surface area (Å²) < 4.78 is 5.93. The Hall–Kier alpha value is -2.40. The molecule has 2 N–H and O–H groups in total. The van der Waals surface area contributed by atoms with Gasteiger partial charge in [0.1, 0.15) is 12.4 Å². The molecule has 0 saturated heterocycles. The van der Waals surface area contributed by atoms with Gasteiger partial charge < -0.3 is 15.2 Å². The van der Waals surface area contributed by atoms with E-state index < -0.39 is 5.97 Å². The summed E-state index contributed by atoms with van der Waals surface area (Å²) in [7, 11) is 0. The molecule has 3 rings (SSSR count). The van der Waals surface area contributed by atoms with Crippen LogP contribution >= 0.6 is 34.8 Å². The van der Waals surface area contributed by atoms with Gasteiger partial charge in [0.05, 0.1) is 10.6 Å². The highest BCUT2D eigenvalue weighted by molar-refractivity contribution is 6.36. The van der Waals surface area contributed by atoms with E-state index in [4.69, 9.17) is 39.5 Å². The smallest absolute Gasteiger partial charge is 0.337 e. The molecule has 0 atom stereocenters. The van der Waals surface area contributed by atoms with Gasteiger partial charge in [-0.25, -0.2) is 4.79 Å². The van der Waals surface area contributed by atoms with Gasteiger partial charge in [0.15, 0.2) is 0 Å². The number of carboxylic acid groups (broad SMARTS) is 1. The highest BCUT2D eigenvalue weighted by atomic mass is 35.5. The molecule has 3 aromatic rings. The number of hydrogen-bond acceptors (Lipinski definition) is 3. The van der Waals surface area contributed by atoms with E-state index in [0.29, 0.717) is 28.0 Å². The van der Waals surface area contributed by atoms with Gasteiger partial charge >= 0.3 is 5.97 Å². The highest BCUT2D eigenvalue weighted by Crippen LogP contribution is 2.28. The van der Waals surface area contributed by atoms with Gasteiger partial charge in [-0.15, -0.1) is 0 Å². The van der Waals surface area contributed by atoms with Gasteiger partial charge in [-0.1, -0.05) is 59.1 Å². The van der Waals surface area contributed by atoms with Crippen LogP contribution in [0.2, 0.25) is 15.1 Å². The first-order valence-electron chi connectivity index (χ1n) is 8.36. The van der Waals surface area contributed by atoms with Crippen LogP contribution in [-0.4, -0.2) is 11.1 Å². The van der Waals surface area contributed by atoms with Gasteiger partial charge in [-0.3, -0.25) is 0 Å². The normalized spacial score (nSPS) is 10.5. The second-order valence-corrected chi connectivity index (χ2v) is 7.17. The first-order valence-corrected chi connectivity index (χ1v) is 9.49. The van der Waals surface area contributed by atoms with Crippen molar-refractivity contribution in [3.63, 3.8) is 0 Å². The minimum Gasteiger partial charge on any atom is -0.488 e. The summed E-state index contributed by atoms with van der Waals surface area (Å²) in [4.78, 5) is 11.2. The molecule has 0 aliphatic carbocycles. The number of hydrogen-bond donors (Lipinski definition) is 2. The molecule has 0 aliphatic heterocycles. The van der Waals surface area contributed by atoms with Gasteiger partial charge in [-0.05, 0) is 36.4 Å². The van der Waals surface area contributed by atoms with Crippen LogP contribution in [0.1, 0.15) is 21.5 Å². The van der Waals surface area contributed by atoms with E-state index >= 15 is 0 Å². The summed E-state index contributed by atoms with van der Waals surface area (Å²) in [5.41, 5.74) is 2.31. The predicted molar refractivity (Wildman–Crippen MR) is 113 cm³/mol. The molecule has 0 fully saturated rings. The second-order valence-electron chi connectivity index (χ2n) is 5.95. The average Bonchev–Trinajstić information content (AvgIpc) is 2.67. The number of halogens is 3. The maximum atomic E-state index is 11.2. The number of carbonyl (C=O) groups is 1. The molecule has 7 heteroatoms. The fraction of sp³-hybridized carbons (Fsp3) is 0.0952. The van der Waals surface area contributed by atoms with E-state index in [1.165, 1.54) is 6.07 Å². The standard InChI is InChI=1S/C21H16Cl3NO3/c22-17-5-3-6-18(23)16(17)12-28-20-7-2-1-4-13(20)11-25-14-8-9-19(24)15(10-14)21(26)27/h1-10,25H,11-12H2,(H,26,27). The Morgan fingerprint density at radius 1 is 0.929 bits per heavy atom. The third-order valence-corrected chi connectivity index (χ3v) is 5.12. The Morgan fingerprint density at radius 2 is 1.64 bits per heavy atom. The molecule has 0 spiro atoms. The van der Waals surface area contributed by atoms with Crippen molar-refractivity contribution in [2.75, 3.05) is 5.32 Å². The van der Waals surface area contributed by atoms with E-state index in [1.807, 2.05) is 24.3 Å². The minimum absolute atomic E-state index is 0.0459. The number of para-hydroxylation sites is 1. The topological polar surface area (TPSA) is 58.6 Å². The lowest BCUT2D eigenvalue weighted by molar-refractivity contribution is 0.0697. The summed E-state index contributed by atoms with van der Waals surface area (Å²) in [5.74, 6) is -0.396. The summed E-state index contributed by atoms with van der Waals surface area (Å²) in [6.07, 6.45) is 0. The number of ether oxygens (including phenoxy) is 1. The Morgan fingerprint density at radius 3 is 2.36 bits per heavy atom. The quantitative estimate of drug-likeness (QED) is 0.442. The first-order chi connectivity index (χ1) is 13.5. The molecule has 0 heterocycles. The molecular weight excluding hydrogens is 421 g/mol. The summed E-state index contributed by atoms with van der Waals surface area (Å²) in [6, 6.07) is 17.6. The van der Waals surface area contributed by atoms with Crippen LogP contribution in [0.4, 0.5) is 5.69 Å². The zero-order valence-corrected chi connectivity index (χ0v) is 16.9. The lowest BCUT2D eigenvalue weighted by Gasteiger charge is -2.14.